The van der Waals surface area contributed by atoms with Crippen molar-refractivity contribution in [3.63, 3.8) is 0 Å². The fourth-order valence-electron chi connectivity index (χ4n) is 2.71. The van der Waals surface area contributed by atoms with E-state index in [1.165, 1.54) is 11.3 Å². The molecule has 0 aliphatic rings. The van der Waals surface area contributed by atoms with Gasteiger partial charge in [-0.05, 0) is 18.1 Å². The Morgan fingerprint density at radius 1 is 1.12 bits per heavy atom. The predicted octanol–water partition coefficient (Wildman–Crippen LogP) is 5.04. The van der Waals surface area contributed by atoms with Crippen LogP contribution in [0.15, 0.2) is 54.6 Å². The summed E-state index contributed by atoms with van der Waals surface area (Å²) in [4.78, 5) is 23.8. The molecule has 5 heteroatoms. The second-order valence-electron chi connectivity index (χ2n) is 5.53. The van der Waals surface area contributed by atoms with E-state index in [9.17, 15) is 14.9 Å². The molecule has 0 aliphatic heterocycles. The van der Waals surface area contributed by atoms with Gasteiger partial charge in [0.2, 0.25) is 0 Å². The first-order valence-corrected chi connectivity index (χ1v) is 8.28. The maximum atomic E-state index is 11.7. The van der Waals surface area contributed by atoms with Gasteiger partial charge in [0.1, 0.15) is 4.88 Å². The molecule has 0 saturated carbocycles. The van der Waals surface area contributed by atoms with Crippen LogP contribution in [0.4, 0.5) is 5.69 Å². The van der Waals surface area contributed by atoms with E-state index >= 15 is 0 Å². The quantitative estimate of drug-likeness (QED) is 0.372. The molecule has 2 aromatic carbocycles. The molecule has 1 heterocycles. The lowest BCUT2D eigenvalue weighted by Crippen LogP contribution is -1.97. The summed E-state index contributed by atoms with van der Waals surface area (Å²) in [6, 6.07) is 17.0. The molecule has 0 spiro atoms. The van der Waals surface area contributed by atoms with E-state index in [0.717, 1.165) is 23.0 Å². The first-order valence-electron chi connectivity index (χ1n) is 7.46. The monoisotopic (exact) mass is 337 g/mol. The maximum Gasteiger partial charge on any atom is 0.292 e. The zero-order valence-corrected chi connectivity index (χ0v) is 13.9. The summed E-state index contributed by atoms with van der Waals surface area (Å²) in [6.45, 7) is 1.94. The van der Waals surface area contributed by atoms with Gasteiger partial charge in [-0.15, -0.1) is 11.3 Å². The Bertz CT molecular complexity index is 900. The summed E-state index contributed by atoms with van der Waals surface area (Å²) in [5.74, 6) is 0. The van der Waals surface area contributed by atoms with E-state index in [0.29, 0.717) is 21.7 Å². The average molecular weight is 337 g/mol. The number of rotatable bonds is 5. The molecule has 3 rings (SSSR count). The number of benzene rings is 2. The zero-order valence-electron chi connectivity index (χ0n) is 13.1. The number of carbonyl (C=O) groups is 1. The number of aldehydes is 1. The van der Waals surface area contributed by atoms with Gasteiger partial charge < -0.3 is 0 Å². The second kappa shape index (κ2) is 6.76. The number of thiophene rings is 1. The molecule has 0 unspecified atom stereocenters. The SMILES string of the molecule is Cc1cccc(-c2sc(C=O)c(Cc3ccccc3)c2[N+](=O)[O-])c1. The molecule has 0 fully saturated rings. The van der Waals surface area contributed by atoms with E-state index < -0.39 is 0 Å². The Kier molecular flexibility index (Phi) is 4.53. The second-order valence-corrected chi connectivity index (χ2v) is 6.58. The number of aryl methyl sites for hydroxylation is 1. The zero-order chi connectivity index (χ0) is 17.1. The topological polar surface area (TPSA) is 60.2 Å². The molecule has 3 aromatic rings. The highest BCUT2D eigenvalue weighted by molar-refractivity contribution is 7.17. The fourth-order valence-corrected chi connectivity index (χ4v) is 3.81. The highest BCUT2D eigenvalue weighted by atomic mass is 32.1. The molecule has 0 amide bonds. The normalized spacial score (nSPS) is 10.5. The van der Waals surface area contributed by atoms with Crippen LogP contribution in [-0.2, 0) is 6.42 Å². The average Bonchev–Trinajstić information content (AvgIpc) is 2.94. The van der Waals surface area contributed by atoms with Crippen LogP contribution in [0.3, 0.4) is 0 Å². The number of hydrogen-bond acceptors (Lipinski definition) is 4. The van der Waals surface area contributed by atoms with Crippen molar-refractivity contribution in [1.82, 2.24) is 0 Å². The van der Waals surface area contributed by atoms with Gasteiger partial charge in [-0.25, -0.2) is 0 Å². The molecule has 0 N–H and O–H groups in total. The summed E-state index contributed by atoms with van der Waals surface area (Å²) in [6.07, 6.45) is 1.09. The molecular weight excluding hydrogens is 322 g/mol. The third kappa shape index (κ3) is 3.12. The van der Waals surface area contributed by atoms with Gasteiger partial charge in [0.25, 0.3) is 5.69 Å². The molecule has 4 nitrogen and oxygen atoms in total. The Balaban J connectivity index is 2.18. The summed E-state index contributed by atoms with van der Waals surface area (Å²) in [5.41, 5.74) is 3.26. The minimum atomic E-state index is -0.376. The molecule has 24 heavy (non-hydrogen) atoms. The standard InChI is InChI=1S/C19H15NO3S/c1-13-6-5-9-15(10-13)19-18(20(22)23)16(17(12-21)24-19)11-14-7-3-2-4-8-14/h2-10,12H,11H2,1H3. The van der Waals surface area contributed by atoms with Crippen LogP contribution < -0.4 is 0 Å². The van der Waals surface area contributed by atoms with Crippen LogP contribution in [-0.4, -0.2) is 11.2 Å². The summed E-state index contributed by atoms with van der Waals surface area (Å²) in [7, 11) is 0. The van der Waals surface area contributed by atoms with Crippen molar-refractivity contribution in [2.45, 2.75) is 13.3 Å². The highest BCUT2D eigenvalue weighted by Gasteiger charge is 2.28. The van der Waals surface area contributed by atoms with Crippen LogP contribution in [0.1, 0.15) is 26.4 Å². The van der Waals surface area contributed by atoms with Gasteiger partial charge in [0, 0.05) is 6.42 Å². The Labute approximate surface area is 143 Å². The highest BCUT2D eigenvalue weighted by Crippen LogP contribution is 2.42. The van der Waals surface area contributed by atoms with E-state index in [4.69, 9.17) is 0 Å². The first-order chi connectivity index (χ1) is 11.6. The largest absolute Gasteiger partial charge is 0.297 e. The van der Waals surface area contributed by atoms with Crippen molar-refractivity contribution in [1.29, 1.82) is 0 Å². The molecule has 120 valence electrons. The number of carbonyl (C=O) groups excluding carboxylic acids is 1. The minimum absolute atomic E-state index is 0.0385. The summed E-state index contributed by atoms with van der Waals surface area (Å²) >= 11 is 1.19. The van der Waals surface area contributed by atoms with Crippen LogP contribution >= 0.6 is 11.3 Å². The van der Waals surface area contributed by atoms with Crippen molar-refractivity contribution < 1.29 is 9.72 Å². The van der Waals surface area contributed by atoms with Crippen molar-refractivity contribution in [2.75, 3.05) is 0 Å². The number of nitrogens with zero attached hydrogens (tertiary/aromatic N) is 1. The van der Waals surface area contributed by atoms with Crippen LogP contribution in [0.5, 0.6) is 0 Å². The molecule has 0 saturated heterocycles. The van der Waals surface area contributed by atoms with Gasteiger partial charge in [-0.1, -0.05) is 60.2 Å². The van der Waals surface area contributed by atoms with Gasteiger partial charge in [-0.3, -0.25) is 14.9 Å². The van der Waals surface area contributed by atoms with Crippen molar-refractivity contribution in [2.24, 2.45) is 0 Å². The fraction of sp³-hybridized carbons (Fsp3) is 0.105. The Morgan fingerprint density at radius 3 is 2.50 bits per heavy atom. The first kappa shape index (κ1) is 16.1. The summed E-state index contributed by atoms with van der Waals surface area (Å²) < 4.78 is 0. The van der Waals surface area contributed by atoms with E-state index in [1.807, 2.05) is 61.5 Å². The van der Waals surface area contributed by atoms with E-state index in [-0.39, 0.29) is 10.6 Å². The lowest BCUT2D eigenvalue weighted by atomic mass is 10.0. The molecule has 0 radical (unpaired) electrons. The number of hydrogen-bond donors (Lipinski definition) is 0. The third-order valence-corrected chi connectivity index (χ3v) is 5.00. The Morgan fingerprint density at radius 2 is 1.88 bits per heavy atom. The van der Waals surface area contributed by atoms with Crippen LogP contribution in [0, 0.1) is 17.0 Å². The summed E-state index contributed by atoms with van der Waals surface area (Å²) in [5, 5.41) is 11.7. The van der Waals surface area contributed by atoms with E-state index in [2.05, 4.69) is 0 Å². The smallest absolute Gasteiger partial charge is 0.292 e. The van der Waals surface area contributed by atoms with Crippen molar-refractivity contribution >= 4 is 23.3 Å². The predicted molar refractivity (Wildman–Crippen MR) is 95.8 cm³/mol. The lowest BCUT2D eigenvalue weighted by Gasteiger charge is -2.02. The molecule has 0 aliphatic carbocycles. The van der Waals surface area contributed by atoms with Crippen molar-refractivity contribution in [3.05, 3.63) is 86.3 Å². The van der Waals surface area contributed by atoms with Crippen LogP contribution in [0.2, 0.25) is 0 Å². The molecule has 0 bridgehead atoms. The van der Waals surface area contributed by atoms with E-state index in [1.54, 1.807) is 0 Å². The van der Waals surface area contributed by atoms with Gasteiger partial charge in [0.15, 0.2) is 6.29 Å². The number of nitro groups is 1. The molecular formula is C19H15NO3S. The maximum absolute atomic E-state index is 11.7. The molecule has 0 atom stereocenters. The Hall–Kier alpha value is -2.79. The van der Waals surface area contributed by atoms with Gasteiger partial charge in [-0.2, -0.15) is 0 Å². The van der Waals surface area contributed by atoms with Gasteiger partial charge in [0.05, 0.1) is 15.4 Å². The third-order valence-electron chi connectivity index (χ3n) is 3.80. The lowest BCUT2D eigenvalue weighted by molar-refractivity contribution is -0.384. The minimum Gasteiger partial charge on any atom is -0.297 e. The van der Waals surface area contributed by atoms with Crippen molar-refractivity contribution in [3.8, 4) is 10.4 Å². The van der Waals surface area contributed by atoms with Crippen LogP contribution in [0.25, 0.3) is 10.4 Å². The van der Waals surface area contributed by atoms with Gasteiger partial charge >= 0.3 is 0 Å². The molecule has 1 aromatic heterocycles.